The van der Waals surface area contributed by atoms with Gasteiger partial charge in [-0.25, -0.2) is 0 Å². The van der Waals surface area contributed by atoms with Crippen molar-refractivity contribution in [2.75, 3.05) is 6.54 Å². The topological polar surface area (TPSA) is 70.8 Å². The van der Waals surface area contributed by atoms with Gasteiger partial charge < -0.3 is 14.4 Å². The highest BCUT2D eigenvalue weighted by Gasteiger charge is 2.43. The second-order valence-corrected chi connectivity index (χ2v) is 6.31. The fourth-order valence-corrected chi connectivity index (χ4v) is 3.10. The minimum Gasteiger partial charge on any atom is -0.503 e. The lowest BCUT2D eigenvalue weighted by Crippen LogP contribution is -2.32. The molecule has 0 bridgehead atoms. The number of hydrogen-bond acceptors (Lipinski definition) is 4. The molecule has 3 rings (SSSR count). The van der Waals surface area contributed by atoms with Crippen molar-refractivity contribution >= 4 is 23.3 Å². The number of amides is 1. The summed E-state index contributed by atoms with van der Waals surface area (Å²) in [6.07, 6.45) is 3.04. The third kappa shape index (κ3) is 3.20. The summed E-state index contributed by atoms with van der Waals surface area (Å²) in [5.41, 5.74) is 0.756. The Balaban J connectivity index is 2.06. The first-order chi connectivity index (χ1) is 12.0. The first kappa shape index (κ1) is 17.3. The molecule has 0 aliphatic carbocycles. The molecule has 0 saturated carbocycles. The Morgan fingerprint density at radius 3 is 2.60 bits per heavy atom. The summed E-state index contributed by atoms with van der Waals surface area (Å²) in [5, 5.41) is 10.9. The van der Waals surface area contributed by atoms with Crippen LogP contribution in [0.1, 0.15) is 41.9 Å². The molecule has 1 unspecified atom stereocenters. The van der Waals surface area contributed by atoms with Crippen LogP contribution in [-0.2, 0) is 4.79 Å². The third-order valence-corrected chi connectivity index (χ3v) is 4.48. The van der Waals surface area contributed by atoms with E-state index in [4.69, 9.17) is 16.0 Å². The van der Waals surface area contributed by atoms with Gasteiger partial charge >= 0.3 is 0 Å². The molecule has 1 N–H and O–H groups in total. The predicted octanol–water partition coefficient (Wildman–Crippen LogP) is 4.31. The molecule has 1 aliphatic rings. The molecule has 0 spiro atoms. The molecular formula is C19H18ClNO4. The van der Waals surface area contributed by atoms with Gasteiger partial charge in [0.1, 0.15) is 0 Å². The van der Waals surface area contributed by atoms with Crippen LogP contribution in [0.5, 0.6) is 0 Å². The van der Waals surface area contributed by atoms with Gasteiger partial charge in [0.25, 0.3) is 5.91 Å². The Hall–Kier alpha value is -2.53. The van der Waals surface area contributed by atoms with Crippen molar-refractivity contribution in [3.8, 4) is 0 Å². The van der Waals surface area contributed by atoms with E-state index in [-0.39, 0.29) is 11.3 Å². The number of hydrogen-bond donors (Lipinski definition) is 1. The number of benzene rings is 1. The fourth-order valence-electron chi connectivity index (χ4n) is 2.98. The predicted molar refractivity (Wildman–Crippen MR) is 93.5 cm³/mol. The minimum atomic E-state index is -0.658. The Morgan fingerprint density at radius 1 is 1.28 bits per heavy atom. The first-order valence-corrected chi connectivity index (χ1v) is 8.50. The van der Waals surface area contributed by atoms with Crippen LogP contribution >= 0.6 is 11.6 Å². The van der Waals surface area contributed by atoms with Gasteiger partial charge in [0.05, 0.1) is 17.9 Å². The zero-order chi connectivity index (χ0) is 18.0. The van der Waals surface area contributed by atoms with Crippen LogP contribution in [0, 0.1) is 0 Å². The molecule has 0 saturated heterocycles. The highest BCUT2D eigenvalue weighted by Crippen LogP contribution is 2.39. The van der Waals surface area contributed by atoms with Gasteiger partial charge in [0.15, 0.2) is 11.5 Å². The van der Waals surface area contributed by atoms with E-state index in [1.54, 1.807) is 30.3 Å². The fraction of sp³-hybridized carbons (Fsp3) is 0.263. The molecule has 25 heavy (non-hydrogen) atoms. The number of Topliss-reactive ketones (excluding diaryl/α,β-unsaturated/α-hetero) is 1. The molecular weight excluding hydrogens is 342 g/mol. The number of halogens is 1. The Labute approximate surface area is 150 Å². The summed E-state index contributed by atoms with van der Waals surface area (Å²) >= 11 is 5.95. The summed E-state index contributed by atoms with van der Waals surface area (Å²) in [7, 11) is 0. The zero-order valence-corrected chi connectivity index (χ0v) is 14.5. The van der Waals surface area contributed by atoms with Crippen molar-refractivity contribution in [2.24, 2.45) is 0 Å². The molecule has 1 aliphatic heterocycles. The van der Waals surface area contributed by atoms with Crippen LogP contribution in [0.3, 0.4) is 0 Å². The van der Waals surface area contributed by atoms with Crippen molar-refractivity contribution in [1.82, 2.24) is 4.90 Å². The van der Waals surface area contributed by atoms with E-state index in [0.717, 1.165) is 12.8 Å². The molecule has 2 aromatic rings. The van der Waals surface area contributed by atoms with E-state index in [9.17, 15) is 14.7 Å². The lowest BCUT2D eigenvalue weighted by atomic mass is 9.95. The SMILES string of the molecule is CCCCN1C(=O)C(O)=C(C(=O)c2ccco2)C1c1ccc(Cl)cc1. The van der Waals surface area contributed by atoms with Crippen LogP contribution in [0.4, 0.5) is 0 Å². The number of aliphatic hydroxyl groups excluding tert-OH is 1. The van der Waals surface area contributed by atoms with Crippen molar-refractivity contribution < 1.29 is 19.1 Å². The molecule has 2 heterocycles. The maximum atomic E-state index is 12.8. The number of nitrogens with zero attached hydrogens (tertiary/aromatic N) is 1. The van der Waals surface area contributed by atoms with E-state index in [2.05, 4.69) is 0 Å². The monoisotopic (exact) mass is 359 g/mol. The summed E-state index contributed by atoms with van der Waals surface area (Å²) in [6, 6.07) is 9.36. The molecule has 130 valence electrons. The Bertz CT molecular complexity index is 808. The maximum absolute atomic E-state index is 12.8. The van der Waals surface area contributed by atoms with E-state index in [1.807, 2.05) is 6.92 Å². The number of ketones is 1. The number of furan rings is 1. The van der Waals surface area contributed by atoms with E-state index < -0.39 is 23.5 Å². The molecule has 1 amide bonds. The molecule has 1 aromatic heterocycles. The molecule has 6 heteroatoms. The lowest BCUT2D eigenvalue weighted by molar-refractivity contribution is -0.129. The minimum absolute atomic E-state index is 0.0402. The number of carbonyl (C=O) groups excluding carboxylic acids is 2. The third-order valence-electron chi connectivity index (χ3n) is 4.23. The molecule has 1 atom stereocenters. The maximum Gasteiger partial charge on any atom is 0.290 e. The van der Waals surface area contributed by atoms with Crippen LogP contribution in [0.25, 0.3) is 0 Å². The molecule has 1 aromatic carbocycles. The average Bonchev–Trinajstić information content (AvgIpc) is 3.22. The van der Waals surface area contributed by atoms with Gasteiger partial charge in [-0.3, -0.25) is 9.59 Å². The van der Waals surface area contributed by atoms with Crippen LogP contribution in [-0.4, -0.2) is 28.2 Å². The normalized spacial score (nSPS) is 17.4. The second-order valence-electron chi connectivity index (χ2n) is 5.87. The van der Waals surface area contributed by atoms with Crippen molar-refractivity contribution in [3.63, 3.8) is 0 Å². The van der Waals surface area contributed by atoms with Crippen LogP contribution < -0.4 is 0 Å². The number of carbonyl (C=O) groups is 2. The molecule has 0 fully saturated rings. The standard InChI is InChI=1S/C19H18ClNO4/c1-2-3-10-21-16(12-6-8-13(20)9-7-12)15(18(23)19(21)24)17(22)14-5-4-11-25-14/h4-9,11,16,23H,2-3,10H2,1H3. The van der Waals surface area contributed by atoms with Gasteiger partial charge in [-0.2, -0.15) is 0 Å². The van der Waals surface area contributed by atoms with Gasteiger partial charge in [-0.05, 0) is 36.2 Å². The Kier molecular flexibility index (Phi) is 4.95. The van der Waals surface area contributed by atoms with Crippen molar-refractivity contribution in [1.29, 1.82) is 0 Å². The smallest absolute Gasteiger partial charge is 0.290 e. The first-order valence-electron chi connectivity index (χ1n) is 8.12. The highest BCUT2D eigenvalue weighted by molar-refractivity contribution is 6.30. The second kappa shape index (κ2) is 7.15. The van der Waals surface area contributed by atoms with Crippen molar-refractivity contribution in [2.45, 2.75) is 25.8 Å². The highest BCUT2D eigenvalue weighted by atomic mass is 35.5. The lowest BCUT2D eigenvalue weighted by Gasteiger charge is -2.26. The van der Waals surface area contributed by atoms with Crippen LogP contribution in [0.15, 0.2) is 58.4 Å². The van der Waals surface area contributed by atoms with E-state index >= 15 is 0 Å². The van der Waals surface area contributed by atoms with E-state index in [1.165, 1.54) is 17.2 Å². The number of unbranched alkanes of at least 4 members (excludes halogenated alkanes) is 1. The number of aliphatic hydroxyl groups is 1. The summed E-state index contributed by atoms with van der Waals surface area (Å²) < 4.78 is 5.17. The summed E-state index contributed by atoms with van der Waals surface area (Å²) in [5.74, 6) is -1.46. The molecule has 0 radical (unpaired) electrons. The molecule has 5 nitrogen and oxygen atoms in total. The quantitative estimate of drug-likeness (QED) is 0.780. The summed E-state index contributed by atoms with van der Waals surface area (Å²) in [4.78, 5) is 26.9. The zero-order valence-electron chi connectivity index (χ0n) is 13.7. The summed E-state index contributed by atoms with van der Waals surface area (Å²) in [6.45, 7) is 2.46. The average molecular weight is 360 g/mol. The van der Waals surface area contributed by atoms with Gasteiger partial charge in [-0.1, -0.05) is 37.1 Å². The van der Waals surface area contributed by atoms with Gasteiger partial charge in [0.2, 0.25) is 5.78 Å². The van der Waals surface area contributed by atoms with Crippen molar-refractivity contribution in [3.05, 3.63) is 70.3 Å². The number of rotatable bonds is 6. The van der Waals surface area contributed by atoms with Gasteiger partial charge in [-0.15, -0.1) is 0 Å². The van der Waals surface area contributed by atoms with Crippen LogP contribution in [0.2, 0.25) is 5.02 Å². The largest absolute Gasteiger partial charge is 0.503 e. The van der Waals surface area contributed by atoms with Gasteiger partial charge in [0, 0.05) is 11.6 Å². The Morgan fingerprint density at radius 2 is 2.00 bits per heavy atom. The van der Waals surface area contributed by atoms with E-state index in [0.29, 0.717) is 17.1 Å².